The number of rotatable bonds is 3. The maximum absolute atomic E-state index is 12.0. The van der Waals surface area contributed by atoms with Gasteiger partial charge >= 0.3 is 6.09 Å². The van der Waals surface area contributed by atoms with Crippen LogP contribution in [0.5, 0.6) is 0 Å². The van der Waals surface area contributed by atoms with Crippen LogP contribution < -0.4 is 5.32 Å². The Kier molecular flexibility index (Phi) is 5.90. The molecule has 5 heteroatoms. The predicted octanol–water partition coefficient (Wildman–Crippen LogP) is 4.62. The fraction of sp³-hybridized carbons (Fsp3) is 0.824. The van der Waals surface area contributed by atoms with Crippen LogP contribution in [0.1, 0.15) is 54.4 Å². The van der Waals surface area contributed by atoms with Gasteiger partial charge in [0.15, 0.2) is 8.32 Å². The minimum atomic E-state index is -1.88. The van der Waals surface area contributed by atoms with Gasteiger partial charge in [-0.3, -0.25) is 0 Å². The minimum absolute atomic E-state index is 0.0195. The average Bonchev–Trinajstić information content (AvgIpc) is 2.27. The highest BCUT2D eigenvalue weighted by atomic mass is 28.4. The maximum Gasteiger partial charge on any atom is 0.407 e. The Hall–Kier alpha value is -0.813. The fourth-order valence-corrected chi connectivity index (χ4v) is 3.33. The molecule has 22 heavy (non-hydrogen) atoms. The molecule has 0 unspecified atom stereocenters. The second-order valence-corrected chi connectivity index (χ2v) is 13.4. The maximum atomic E-state index is 12.0. The van der Waals surface area contributed by atoms with Gasteiger partial charge in [-0.2, -0.15) is 0 Å². The Morgan fingerprint density at radius 1 is 1.18 bits per heavy atom. The van der Waals surface area contributed by atoms with Gasteiger partial charge in [-0.25, -0.2) is 4.79 Å². The van der Waals surface area contributed by atoms with Crippen LogP contribution >= 0.6 is 0 Å². The van der Waals surface area contributed by atoms with Crippen LogP contribution in [-0.4, -0.2) is 32.2 Å². The molecule has 0 spiro atoms. The summed E-state index contributed by atoms with van der Waals surface area (Å²) in [4.78, 5) is 12.0. The molecule has 0 saturated carbocycles. The van der Waals surface area contributed by atoms with Crippen molar-refractivity contribution in [2.24, 2.45) is 0 Å². The number of nitrogens with one attached hydrogen (secondary N) is 1. The lowest BCUT2D eigenvalue weighted by Crippen LogP contribution is -2.52. The van der Waals surface area contributed by atoms with Crippen molar-refractivity contribution < 1.29 is 14.0 Å². The van der Waals surface area contributed by atoms with E-state index in [4.69, 9.17) is 9.16 Å². The van der Waals surface area contributed by atoms with Crippen molar-refractivity contribution in [3.63, 3.8) is 0 Å². The van der Waals surface area contributed by atoms with Gasteiger partial charge in [0.25, 0.3) is 0 Å². The zero-order valence-corrected chi connectivity index (χ0v) is 16.4. The summed E-state index contributed by atoms with van der Waals surface area (Å²) in [6.45, 7) is 16.8. The number of allylic oxidation sites excluding steroid dienone is 1. The van der Waals surface area contributed by atoms with E-state index in [1.165, 1.54) is 0 Å². The first kappa shape index (κ1) is 19.2. The number of hydrogen-bond donors (Lipinski definition) is 1. The van der Waals surface area contributed by atoms with Crippen LogP contribution in [0, 0.1) is 0 Å². The lowest BCUT2D eigenvalue weighted by atomic mass is 9.99. The van der Waals surface area contributed by atoms with Crippen LogP contribution in [0.25, 0.3) is 0 Å². The Balaban J connectivity index is 2.74. The summed E-state index contributed by atoms with van der Waals surface area (Å²) in [6, 6.07) is -0.0195. The molecular formula is C17H33NO3Si. The summed E-state index contributed by atoms with van der Waals surface area (Å²) >= 11 is 0. The summed E-state index contributed by atoms with van der Waals surface area (Å²) in [6.07, 6.45) is 5.64. The molecule has 1 amide bonds. The van der Waals surface area contributed by atoms with E-state index in [0.29, 0.717) is 0 Å². The van der Waals surface area contributed by atoms with Gasteiger partial charge in [0.1, 0.15) is 5.60 Å². The number of carbonyl (C=O) groups is 1. The van der Waals surface area contributed by atoms with Crippen molar-refractivity contribution >= 4 is 14.4 Å². The molecule has 0 aromatic heterocycles. The quantitative estimate of drug-likeness (QED) is 0.608. The summed E-state index contributed by atoms with van der Waals surface area (Å²) in [5.41, 5.74) is -0.482. The lowest BCUT2D eigenvalue weighted by Gasteiger charge is -2.41. The normalized spacial score (nSPS) is 23.3. The van der Waals surface area contributed by atoms with E-state index in [-0.39, 0.29) is 23.3 Å². The van der Waals surface area contributed by atoms with Crippen molar-refractivity contribution in [3.05, 3.63) is 12.2 Å². The molecule has 0 radical (unpaired) electrons. The van der Waals surface area contributed by atoms with E-state index < -0.39 is 13.9 Å². The third kappa shape index (κ3) is 5.76. The van der Waals surface area contributed by atoms with Gasteiger partial charge in [0.2, 0.25) is 0 Å². The van der Waals surface area contributed by atoms with Gasteiger partial charge in [-0.15, -0.1) is 0 Å². The van der Waals surface area contributed by atoms with E-state index in [9.17, 15) is 4.79 Å². The Morgan fingerprint density at radius 2 is 1.77 bits per heavy atom. The second kappa shape index (κ2) is 6.75. The number of amides is 1. The Bertz CT molecular complexity index is 419. The van der Waals surface area contributed by atoms with E-state index in [1.807, 2.05) is 20.8 Å². The van der Waals surface area contributed by atoms with Crippen molar-refractivity contribution in [3.8, 4) is 0 Å². The number of alkyl carbamates (subject to hydrolysis) is 1. The third-order valence-electron chi connectivity index (χ3n) is 4.31. The molecular weight excluding hydrogens is 294 g/mol. The molecule has 1 rings (SSSR count). The first-order valence-electron chi connectivity index (χ1n) is 8.16. The molecule has 1 N–H and O–H groups in total. The molecule has 0 bridgehead atoms. The molecule has 0 fully saturated rings. The Labute approximate surface area is 136 Å². The van der Waals surface area contributed by atoms with Gasteiger partial charge in [0.05, 0.1) is 12.1 Å². The molecule has 0 aromatic rings. The Morgan fingerprint density at radius 3 is 2.27 bits per heavy atom. The van der Waals surface area contributed by atoms with E-state index in [1.54, 1.807) is 0 Å². The molecule has 128 valence electrons. The highest BCUT2D eigenvalue weighted by Crippen LogP contribution is 2.38. The molecule has 4 nitrogen and oxygen atoms in total. The van der Waals surface area contributed by atoms with Gasteiger partial charge in [0, 0.05) is 0 Å². The monoisotopic (exact) mass is 327 g/mol. The molecule has 0 heterocycles. The summed E-state index contributed by atoms with van der Waals surface area (Å²) in [7, 11) is -1.88. The van der Waals surface area contributed by atoms with Crippen molar-refractivity contribution in [1.82, 2.24) is 5.32 Å². The fourth-order valence-electron chi connectivity index (χ4n) is 2.06. The highest BCUT2D eigenvalue weighted by molar-refractivity contribution is 6.74. The third-order valence-corrected chi connectivity index (χ3v) is 8.78. The number of ether oxygens (including phenoxy) is 1. The zero-order valence-electron chi connectivity index (χ0n) is 15.4. The first-order valence-corrected chi connectivity index (χ1v) is 11.1. The van der Waals surface area contributed by atoms with Gasteiger partial charge in [-0.1, -0.05) is 32.9 Å². The summed E-state index contributed by atoms with van der Waals surface area (Å²) in [5.74, 6) is 0. The summed E-state index contributed by atoms with van der Waals surface area (Å²) in [5, 5.41) is 3.13. The van der Waals surface area contributed by atoms with Gasteiger partial charge < -0.3 is 14.5 Å². The molecule has 0 aromatic carbocycles. The van der Waals surface area contributed by atoms with Crippen LogP contribution in [0.15, 0.2) is 12.2 Å². The average molecular weight is 328 g/mol. The zero-order chi connectivity index (χ0) is 17.2. The van der Waals surface area contributed by atoms with Crippen molar-refractivity contribution in [2.45, 2.75) is 90.3 Å². The number of carbonyl (C=O) groups excluding carboxylic acids is 1. The SMILES string of the molecule is CC(C)(C)OC(=O)N[C@H]1CCC=C[C@H]1O[Si](C)(C)C(C)(C)C. The predicted molar refractivity (Wildman–Crippen MR) is 93.6 cm³/mol. The lowest BCUT2D eigenvalue weighted by molar-refractivity contribution is 0.0452. The topological polar surface area (TPSA) is 47.6 Å². The van der Waals surface area contributed by atoms with Crippen LogP contribution in [0.4, 0.5) is 4.79 Å². The molecule has 0 saturated heterocycles. The van der Waals surface area contributed by atoms with E-state index in [2.05, 4.69) is 51.3 Å². The highest BCUT2D eigenvalue weighted by Gasteiger charge is 2.41. The standard InChI is InChI=1S/C17H33NO3Si/c1-16(2,3)20-15(19)18-13-11-9-10-12-14(13)21-22(7,8)17(4,5)6/h10,12-14H,9,11H2,1-8H3,(H,18,19)/t13-,14+/m0/s1. The van der Waals surface area contributed by atoms with E-state index in [0.717, 1.165) is 12.8 Å². The minimum Gasteiger partial charge on any atom is -0.444 e. The van der Waals surface area contributed by atoms with E-state index >= 15 is 0 Å². The second-order valence-electron chi connectivity index (χ2n) is 8.60. The van der Waals surface area contributed by atoms with Gasteiger partial charge in [-0.05, 0) is 51.7 Å². The first-order chi connectivity index (χ1) is 9.82. The molecule has 0 aliphatic heterocycles. The van der Waals surface area contributed by atoms with Crippen LogP contribution in [-0.2, 0) is 9.16 Å². The largest absolute Gasteiger partial charge is 0.444 e. The van der Waals surface area contributed by atoms with Crippen molar-refractivity contribution in [1.29, 1.82) is 0 Å². The number of hydrogen-bond acceptors (Lipinski definition) is 3. The summed E-state index contributed by atoms with van der Waals surface area (Å²) < 4.78 is 11.8. The molecule has 2 atom stereocenters. The van der Waals surface area contributed by atoms with Crippen LogP contribution in [0.3, 0.4) is 0 Å². The van der Waals surface area contributed by atoms with Crippen LogP contribution in [0.2, 0.25) is 18.1 Å². The van der Waals surface area contributed by atoms with Crippen molar-refractivity contribution in [2.75, 3.05) is 0 Å². The molecule has 1 aliphatic carbocycles. The molecule has 1 aliphatic rings. The smallest absolute Gasteiger partial charge is 0.407 e.